The second-order valence-electron chi connectivity index (χ2n) is 6.70. The van der Waals surface area contributed by atoms with Crippen LogP contribution in [0.5, 0.6) is 0 Å². The fraction of sp³-hybridized carbons (Fsp3) is 0.381. The van der Waals surface area contributed by atoms with Crippen LogP contribution in [-0.4, -0.2) is 41.0 Å². The number of carbonyl (C=O) groups excluding carboxylic acids is 1. The Balaban J connectivity index is 1.94. The number of nitrogens with zero attached hydrogens (tertiary/aromatic N) is 2. The number of thiophene rings is 1. The lowest BCUT2D eigenvalue weighted by Crippen LogP contribution is -2.33. The van der Waals surface area contributed by atoms with Crippen LogP contribution in [0, 0.1) is 0 Å². The fourth-order valence-electron chi connectivity index (χ4n) is 2.78. The van der Waals surface area contributed by atoms with Gasteiger partial charge in [-0.3, -0.25) is 14.2 Å². The summed E-state index contributed by atoms with van der Waals surface area (Å²) in [6, 6.07) is 12.0. The van der Waals surface area contributed by atoms with Crippen LogP contribution in [0.25, 0.3) is 20.7 Å². The van der Waals surface area contributed by atoms with Crippen molar-refractivity contribution in [2.45, 2.75) is 38.0 Å². The second-order valence-corrected chi connectivity index (χ2v) is 8.68. The van der Waals surface area contributed by atoms with Crippen molar-refractivity contribution in [2.24, 2.45) is 0 Å². The molecule has 0 fully saturated rings. The van der Waals surface area contributed by atoms with Crippen molar-refractivity contribution < 1.29 is 9.53 Å². The molecule has 6 nitrogen and oxygen atoms in total. The van der Waals surface area contributed by atoms with Crippen molar-refractivity contribution >= 4 is 39.2 Å². The maximum atomic E-state index is 13.1. The Hall–Kier alpha value is -2.16. The van der Waals surface area contributed by atoms with Gasteiger partial charge in [-0.1, -0.05) is 49.0 Å². The van der Waals surface area contributed by atoms with E-state index in [2.05, 4.69) is 5.32 Å². The molecule has 1 amide bonds. The Bertz CT molecular complexity index is 1030. The molecule has 0 bridgehead atoms. The monoisotopic (exact) mass is 431 g/mol. The van der Waals surface area contributed by atoms with Crippen LogP contribution >= 0.6 is 23.1 Å². The molecule has 0 saturated carbocycles. The second kappa shape index (κ2) is 10.0. The third kappa shape index (κ3) is 5.26. The Morgan fingerprint density at radius 1 is 1.34 bits per heavy atom. The molecule has 154 valence electrons. The highest BCUT2D eigenvalue weighted by molar-refractivity contribution is 7.99. The van der Waals surface area contributed by atoms with E-state index in [1.807, 2.05) is 50.2 Å². The van der Waals surface area contributed by atoms with Crippen molar-refractivity contribution in [3.05, 3.63) is 46.8 Å². The summed E-state index contributed by atoms with van der Waals surface area (Å²) in [6.07, 6.45) is 0.872. The van der Waals surface area contributed by atoms with Gasteiger partial charge in [0.1, 0.15) is 4.83 Å². The zero-order chi connectivity index (χ0) is 20.8. The lowest BCUT2D eigenvalue weighted by Gasteiger charge is -2.13. The minimum absolute atomic E-state index is 0.0619. The van der Waals surface area contributed by atoms with E-state index in [0.717, 1.165) is 16.9 Å². The van der Waals surface area contributed by atoms with Gasteiger partial charge in [-0.05, 0) is 25.0 Å². The van der Waals surface area contributed by atoms with E-state index in [4.69, 9.17) is 9.72 Å². The summed E-state index contributed by atoms with van der Waals surface area (Å²) in [5.74, 6) is 0.153. The van der Waals surface area contributed by atoms with Gasteiger partial charge < -0.3 is 10.1 Å². The number of carbonyl (C=O) groups is 1. The Labute approximate surface area is 178 Å². The van der Waals surface area contributed by atoms with E-state index >= 15 is 0 Å². The Morgan fingerprint density at radius 2 is 2.10 bits per heavy atom. The van der Waals surface area contributed by atoms with Gasteiger partial charge in [0.15, 0.2) is 5.16 Å². The molecule has 1 aromatic carbocycles. The summed E-state index contributed by atoms with van der Waals surface area (Å²) in [5, 5.41) is 4.08. The summed E-state index contributed by atoms with van der Waals surface area (Å²) in [6.45, 7) is 4.79. The number of methoxy groups -OCH3 is 1. The Kier molecular flexibility index (Phi) is 7.46. The lowest BCUT2D eigenvalue weighted by atomic mass is 10.2. The standard InChI is InChI=1S/C21H25N3O3S2/c1-4-14(2)22-18(25)13-28-21-23-19-16(20(26)24(21)10-11-27-3)12-17(29-19)15-8-6-5-7-9-15/h5-9,12,14H,4,10-11,13H2,1-3H3,(H,22,25). The summed E-state index contributed by atoms with van der Waals surface area (Å²) >= 11 is 2.77. The average molecular weight is 432 g/mol. The molecule has 3 rings (SSSR count). The molecule has 0 aliphatic rings. The van der Waals surface area contributed by atoms with Crippen molar-refractivity contribution in [1.29, 1.82) is 0 Å². The number of rotatable bonds is 9. The summed E-state index contributed by atoms with van der Waals surface area (Å²) in [7, 11) is 1.60. The highest BCUT2D eigenvalue weighted by Gasteiger charge is 2.16. The molecule has 8 heteroatoms. The molecule has 1 N–H and O–H groups in total. The third-order valence-corrected chi connectivity index (χ3v) is 6.60. The minimum atomic E-state index is -0.102. The molecule has 29 heavy (non-hydrogen) atoms. The molecule has 0 aliphatic heterocycles. The van der Waals surface area contributed by atoms with E-state index in [-0.39, 0.29) is 23.3 Å². The van der Waals surface area contributed by atoms with Gasteiger partial charge in [0, 0.05) is 18.0 Å². The van der Waals surface area contributed by atoms with Crippen LogP contribution in [-0.2, 0) is 16.1 Å². The van der Waals surface area contributed by atoms with Crippen LogP contribution in [0.15, 0.2) is 46.3 Å². The first kappa shape index (κ1) is 21.5. The van der Waals surface area contributed by atoms with Crippen LogP contribution in [0.3, 0.4) is 0 Å². The largest absolute Gasteiger partial charge is 0.383 e. The number of aromatic nitrogens is 2. The number of ether oxygens (including phenoxy) is 1. The molecule has 0 spiro atoms. The first-order valence-corrected chi connectivity index (χ1v) is 11.3. The summed E-state index contributed by atoms with van der Waals surface area (Å²) < 4.78 is 6.77. The maximum absolute atomic E-state index is 13.1. The third-order valence-electron chi connectivity index (χ3n) is 4.55. The van der Waals surface area contributed by atoms with Crippen molar-refractivity contribution in [2.75, 3.05) is 19.5 Å². The first-order valence-electron chi connectivity index (χ1n) is 9.54. The van der Waals surface area contributed by atoms with Crippen LogP contribution < -0.4 is 10.9 Å². The van der Waals surface area contributed by atoms with E-state index in [0.29, 0.717) is 28.5 Å². The molecule has 2 heterocycles. The van der Waals surface area contributed by atoms with Gasteiger partial charge >= 0.3 is 0 Å². The van der Waals surface area contributed by atoms with E-state index < -0.39 is 0 Å². The van der Waals surface area contributed by atoms with Crippen molar-refractivity contribution in [3.8, 4) is 10.4 Å². The molecule has 3 aromatic rings. The van der Waals surface area contributed by atoms with Gasteiger partial charge in [-0.2, -0.15) is 0 Å². The van der Waals surface area contributed by atoms with Gasteiger partial charge in [0.05, 0.1) is 24.3 Å². The zero-order valence-electron chi connectivity index (χ0n) is 16.8. The topological polar surface area (TPSA) is 73.2 Å². The normalized spacial score (nSPS) is 12.2. The van der Waals surface area contributed by atoms with Crippen LogP contribution in [0.2, 0.25) is 0 Å². The van der Waals surface area contributed by atoms with Crippen LogP contribution in [0.4, 0.5) is 0 Å². The predicted octanol–water partition coefficient (Wildman–Crippen LogP) is 3.78. The first-order chi connectivity index (χ1) is 14.0. The minimum Gasteiger partial charge on any atom is -0.383 e. The molecule has 2 aromatic heterocycles. The quantitative estimate of drug-likeness (QED) is 0.412. The van der Waals surface area contributed by atoms with Gasteiger partial charge in [0.2, 0.25) is 5.91 Å². The van der Waals surface area contributed by atoms with Crippen molar-refractivity contribution in [3.63, 3.8) is 0 Å². The summed E-state index contributed by atoms with van der Waals surface area (Å²) in [4.78, 5) is 31.7. The highest BCUT2D eigenvalue weighted by Crippen LogP contribution is 2.32. The average Bonchev–Trinajstić information content (AvgIpc) is 3.17. The predicted molar refractivity (Wildman–Crippen MR) is 120 cm³/mol. The smallest absolute Gasteiger partial charge is 0.263 e. The number of hydrogen-bond donors (Lipinski definition) is 1. The SMILES string of the molecule is CCC(C)NC(=O)CSc1nc2sc(-c3ccccc3)cc2c(=O)n1CCOC. The molecular formula is C21H25N3O3S2. The van der Waals surface area contributed by atoms with Gasteiger partial charge in [-0.25, -0.2) is 4.98 Å². The highest BCUT2D eigenvalue weighted by atomic mass is 32.2. The zero-order valence-corrected chi connectivity index (χ0v) is 18.4. The molecule has 0 aliphatic carbocycles. The number of hydrogen-bond acceptors (Lipinski definition) is 6. The van der Waals surface area contributed by atoms with E-state index in [1.54, 1.807) is 11.7 Å². The van der Waals surface area contributed by atoms with Gasteiger partial charge in [0.25, 0.3) is 5.56 Å². The van der Waals surface area contributed by atoms with Crippen LogP contribution in [0.1, 0.15) is 20.3 Å². The summed E-state index contributed by atoms with van der Waals surface area (Å²) in [5.41, 5.74) is 0.954. The van der Waals surface area contributed by atoms with Crippen molar-refractivity contribution in [1.82, 2.24) is 14.9 Å². The van der Waals surface area contributed by atoms with E-state index in [1.165, 1.54) is 23.1 Å². The molecule has 0 radical (unpaired) electrons. The number of thioether (sulfide) groups is 1. The van der Waals surface area contributed by atoms with E-state index in [9.17, 15) is 9.59 Å². The fourth-order valence-corrected chi connectivity index (χ4v) is 4.69. The molecule has 1 unspecified atom stereocenters. The molecular weight excluding hydrogens is 406 g/mol. The number of nitrogens with one attached hydrogen (secondary N) is 1. The van der Waals surface area contributed by atoms with Gasteiger partial charge in [-0.15, -0.1) is 11.3 Å². The lowest BCUT2D eigenvalue weighted by molar-refractivity contribution is -0.119. The number of amides is 1. The maximum Gasteiger partial charge on any atom is 0.263 e. The Morgan fingerprint density at radius 3 is 2.79 bits per heavy atom. The number of fused-ring (bicyclic) bond motifs is 1. The molecule has 0 saturated heterocycles. The molecule has 1 atom stereocenters. The number of benzene rings is 1.